The number of nitrogens with zero attached hydrogens (tertiary/aromatic N) is 14. The Balaban J connectivity index is 0.000000178. The average Bonchev–Trinajstić information content (AvgIpc) is 1.36. The summed E-state index contributed by atoms with van der Waals surface area (Å²) in [6.07, 6.45) is -0.666. The Morgan fingerprint density at radius 3 is 1.31 bits per heavy atom. The van der Waals surface area contributed by atoms with Crippen LogP contribution in [-0.4, -0.2) is 189 Å². The molecule has 126 heavy (non-hydrogen) atoms. The second kappa shape index (κ2) is 40.7. The molecule has 2 N–H and O–H groups in total. The highest BCUT2D eigenvalue weighted by Gasteiger charge is 2.53. The molecule has 8 aliphatic rings. The van der Waals surface area contributed by atoms with Gasteiger partial charge in [0.1, 0.15) is 89.3 Å². The van der Waals surface area contributed by atoms with Crippen LogP contribution in [0, 0.1) is 40.4 Å². The predicted octanol–water partition coefficient (Wildman–Crippen LogP) is 14.3. The minimum absolute atomic E-state index is 0. The van der Waals surface area contributed by atoms with Gasteiger partial charge in [-0.15, -0.1) is 27.7 Å². The Bertz CT molecular complexity index is 5160. The second-order valence-corrected chi connectivity index (χ2v) is 35.6. The molecule has 0 spiro atoms. The largest absolute Gasteiger partial charge is 0.497 e. The van der Waals surface area contributed by atoms with Crippen molar-refractivity contribution in [3.63, 3.8) is 0 Å². The van der Waals surface area contributed by atoms with Crippen LogP contribution in [0.15, 0.2) is 54.6 Å². The highest BCUT2D eigenvalue weighted by Crippen LogP contribution is 2.51. The number of hydrogen-bond donors (Lipinski definition) is 2. The van der Waals surface area contributed by atoms with E-state index in [4.69, 9.17) is 63.2 Å². The van der Waals surface area contributed by atoms with E-state index in [2.05, 4.69) is 43.2 Å². The van der Waals surface area contributed by atoms with E-state index in [9.17, 15) is 65.0 Å². The lowest BCUT2D eigenvalue weighted by Gasteiger charge is -2.45. The summed E-state index contributed by atoms with van der Waals surface area (Å²) in [5, 5.41) is 37.9. The molecule has 39 heteroatoms. The maximum Gasteiger partial charge on any atom is 0.312 e. The van der Waals surface area contributed by atoms with Gasteiger partial charge in [0.15, 0.2) is 0 Å². The van der Waals surface area contributed by atoms with Gasteiger partial charge in [-0.3, -0.25) is 33.6 Å². The number of likely N-dealkylation sites (tertiary alicyclic amines) is 3. The minimum Gasteiger partial charge on any atom is -0.497 e. The SMILES string of the molecule is COc1ccc(COC(=O)[C@@]2(C)CCCC[C@H]2C(=O)N2CCc3c(Cl)ccc(OCc4nnn(C)c4C(F)F)c3[C@H]2CN2C[C@H](C)CC2=O)c(OC)c1.C[C@@H]1CC(=O)N(C[C@@H]2c3c(OCc4nnn(C)c4C(F)F)ccc(Cl)c3CCN2C(=O)[C@@H]2CCCC[C@]2(C)C(=O)O)C1.C[C@@H]1CC(=O)N(C[C@H]2NCCc3c(Cl)ccc(OCc4nnn(C)c4C(F)F)c32)C1.Cl. The zero-order chi connectivity index (χ0) is 89.8. The third-order valence-corrected chi connectivity index (χ3v) is 26.9. The highest BCUT2D eigenvalue weighted by atomic mass is 35.5. The van der Waals surface area contributed by atoms with Crippen molar-refractivity contribution in [1.82, 2.24) is 74.8 Å². The van der Waals surface area contributed by atoms with E-state index in [0.29, 0.717) is 157 Å². The summed E-state index contributed by atoms with van der Waals surface area (Å²) in [5.74, 6) is -0.323. The van der Waals surface area contributed by atoms with Gasteiger partial charge in [0.25, 0.3) is 19.3 Å². The molecule has 9 heterocycles. The van der Waals surface area contributed by atoms with Crippen LogP contribution in [0.25, 0.3) is 0 Å². The van der Waals surface area contributed by atoms with Crippen LogP contribution < -0.4 is 29.0 Å². The molecule has 2 aliphatic carbocycles. The van der Waals surface area contributed by atoms with Gasteiger partial charge in [-0.25, -0.2) is 40.4 Å². The third kappa shape index (κ3) is 20.2. The van der Waals surface area contributed by atoms with Gasteiger partial charge in [-0.1, -0.05) is 96.9 Å². The molecule has 684 valence electrons. The van der Waals surface area contributed by atoms with Crippen LogP contribution in [0.5, 0.6) is 28.7 Å². The maximum atomic E-state index is 15.0. The molecule has 4 aromatic carbocycles. The summed E-state index contributed by atoms with van der Waals surface area (Å²) in [5.41, 5.74) is 1.99. The first-order valence-corrected chi connectivity index (χ1v) is 43.4. The summed E-state index contributed by atoms with van der Waals surface area (Å²) in [6, 6.07) is 13.9. The number of hydrogen-bond acceptors (Lipinski definition) is 20. The summed E-state index contributed by atoms with van der Waals surface area (Å²) in [6.45, 7) is 12.7. The maximum absolute atomic E-state index is 15.0. The Morgan fingerprint density at radius 2 is 0.921 bits per heavy atom. The van der Waals surface area contributed by atoms with E-state index in [0.717, 1.165) is 81.5 Å². The van der Waals surface area contributed by atoms with Gasteiger partial charge in [-0.2, -0.15) is 0 Å². The number of nitrogens with one attached hydrogen (secondary N) is 1. The molecule has 29 nitrogen and oxygen atoms in total. The number of fused-ring (bicyclic) bond motifs is 3. The molecule has 0 bridgehead atoms. The van der Waals surface area contributed by atoms with Crippen LogP contribution in [0.4, 0.5) is 26.3 Å². The number of carbonyl (C=O) groups excluding carboxylic acids is 6. The summed E-state index contributed by atoms with van der Waals surface area (Å²) in [4.78, 5) is 103. The Labute approximate surface area is 747 Å². The first-order chi connectivity index (χ1) is 59.6. The molecule has 3 saturated heterocycles. The second-order valence-electron chi connectivity index (χ2n) is 34.4. The van der Waals surface area contributed by atoms with Crippen LogP contribution in [0.1, 0.15) is 216 Å². The molecule has 15 rings (SSSR count). The number of halogens is 10. The van der Waals surface area contributed by atoms with Crippen LogP contribution in [0.3, 0.4) is 0 Å². The molecular weight excluding hydrogens is 1730 g/mol. The molecular formula is C87H107Cl4F6N15O14. The lowest BCUT2D eigenvalue weighted by Crippen LogP contribution is -2.53. The van der Waals surface area contributed by atoms with Crippen molar-refractivity contribution < 1.29 is 93.4 Å². The monoisotopic (exact) mass is 1840 g/mol. The van der Waals surface area contributed by atoms with Crippen LogP contribution >= 0.6 is 47.2 Å². The molecule has 5 fully saturated rings. The number of carbonyl (C=O) groups is 7. The van der Waals surface area contributed by atoms with Gasteiger partial charge in [0.2, 0.25) is 29.5 Å². The number of methoxy groups -OCH3 is 2. The smallest absolute Gasteiger partial charge is 0.312 e. The van der Waals surface area contributed by atoms with E-state index in [1.165, 1.54) is 28.3 Å². The molecule has 6 aliphatic heterocycles. The van der Waals surface area contributed by atoms with Crippen molar-refractivity contribution in [3.05, 3.63) is 143 Å². The Kier molecular flexibility index (Phi) is 30.8. The van der Waals surface area contributed by atoms with Crippen molar-refractivity contribution in [2.75, 3.05) is 73.1 Å². The van der Waals surface area contributed by atoms with Crippen LogP contribution in [0.2, 0.25) is 15.1 Å². The number of benzene rings is 4. The van der Waals surface area contributed by atoms with Crippen molar-refractivity contribution in [2.45, 2.75) is 188 Å². The van der Waals surface area contributed by atoms with E-state index in [1.807, 2.05) is 18.7 Å². The van der Waals surface area contributed by atoms with E-state index < -0.39 is 66.0 Å². The van der Waals surface area contributed by atoms with Gasteiger partial charge in [-0.05, 0) is 148 Å². The topological polar surface area (TPSA) is 315 Å². The van der Waals surface area contributed by atoms with Gasteiger partial charge in [0.05, 0.1) is 55.0 Å². The molecule has 3 aromatic heterocycles. The number of esters is 1. The molecule has 7 aromatic rings. The van der Waals surface area contributed by atoms with Crippen LogP contribution in [-0.2, 0) is 105 Å². The number of ether oxygens (including phenoxy) is 6. The summed E-state index contributed by atoms with van der Waals surface area (Å²) < 4.78 is 120. The lowest BCUT2D eigenvalue weighted by molar-refractivity contribution is -0.169. The van der Waals surface area contributed by atoms with E-state index in [-0.39, 0.29) is 134 Å². The number of aromatic nitrogens is 9. The van der Waals surface area contributed by atoms with Crippen molar-refractivity contribution in [3.8, 4) is 28.7 Å². The molecule has 0 radical (unpaired) electrons. The van der Waals surface area contributed by atoms with Crippen molar-refractivity contribution in [2.24, 2.45) is 61.6 Å². The Morgan fingerprint density at radius 1 is 0.524 bits per heavy atom. The van der Waals surface area contributed by atoms with Gasteiger partial charge < -0.3 is 63.3 Å². The standard InChI is InChI=1S/C38H46ClF2N5O7.C29H36ClF2N5O5.C20H24ClF2N5O2.ClH/c1-22-16-32(47)45(18-22)19-29-33-25(27(39)11-12-30(33)52-21-28-34(35(40)41)44(3)43-42-28)13-15-46(29)36(48)26-8-6-7-14-38(26,2)37(49)53-20-23-9-10-24(50-4)17-31(23)51-5;1-16-12-23(38)36(13-16)14-21-24-17(9-11-37(21)27(39)18-6-4-5-10-29(18,2)28(40)41)19(30)7-8-22(24)42-15-20-25(26(31)32)35(3)34-33-20;1-11-7-17(29)28(8-11)9-14-18-12(5-6-24-14)13(21)3-4-16(18)30-10-15-19(20(22)23)27(2)26-25-15;/h9-12,17,22,26,29,35H,6-8,13-16,18-21H2,1-5H3;7-8,16,18,21,26H,4-6,9-15H2,1-3H3,(H,40,41);3-4,11,14,20,24H,5-10H2,1-2H3;1H/t22-,26+,29-,38+;16-,18+,21-,29+;11-,14-;/m111./s1. The fourth-order valence-electron chi connectivity index (χ4n) is 19.2. The van der Waals surface area contributed by atoms with Crippen molar-refractivity contribution >= 4 is 88.7 Å². The zero-order valence-electron chi connectivity index (χ0n) is 72.0. The molecule has 5 amide bonds. The number of aliphatic carboxylic acids is 1. The minimum atomic E-state index is -2.81. The highest BCUT2D eigenvalue weighted by molar-refractivity contribution is 6.32. The number of rotatable bonds is 26. The fraction of sp³-hybridized carbons (Fsp3) is 0.575. The van der Waals surface area contributed by atoms with E-state index >= 15 is 0 Å². The van der Waals surface area contributed by atoms with Gasteiger partial charge in [0, 0.05) is 136 Å². The first kappa shape index (κ1) is 95.4. The normalized spacial score (nSPS) is 23.4. The quantitative estimate of drug-likeness (QED) is 0.0376. The third-order valence-electron chi connectivity index (χ3n) is 25.9. The number of amides is 5. The number of carboxylic acids is 1. The predicted molar refractivity (Wildman–Crippen MR) is 451 cm³/mol. The molecule has 10 atom stereocenters. The number of carboxylic acid groups (broad SMARTS) is 1. The summed E-state index contributed by atoms with van der Waals surface area (Å²) >= 11 is 19.9. The Hall–Kier alpha value is -9.71. The van der Waals surface area contributed by atoms with Crippen molar-refractivity contribution in [1.29, 1.82) is 0 Å². The van der Waals surface area contributed by atoms with E-state index in [1.54, 1.807) is 95.2 Å². The zero-order valence-corrected chi connectivity index (χ0v) is 75.0. The lowest BCUT2D eigenvalue weighted by atomic mass is 9.66. The average molecular weight is 1840 g/mol. The number of aryl methyl sites for hydroxylation is 3. The van der Waals surface area contributed by atoms with Gasteiger partial charge >= 0.3 is 11.9 Å². The fourth-order valence-corrected chi connectivity index (χ4v) is 20.0. The molecule has 0 unspecified atom stereocenters. The number of alkyl halides is 6. The molecule has 2 saturated carbocycles. The summed E-state index contributed by atoms with van der Waals surface area (Å²) in [7, 11) is 7.28. The first-order valence-electron chi connectivity index (χ1n) is 42.2.